The minimum absolute atomic E-state index is 0.167. The third-order valence-electron chi connectivity index (χ3n) is 1.73. The van der Waals surface area contributed by atoms with E-state index in [2.05, 4.69) is 27.8 Å². The van der Waals surface area contributed by atoms with Gasteiger partial charge in [0, 0.05) is 17.1 Å². The topological polar surface area (TPSA) is 38.3 Å². The lowest BCUT2D eigenvalue weighted by atomic mass is 10.3. The van der Waals surface area contributed by atoms with Crippen LogP contribution < -0.4 is 10.1 Å². The molecule has 1 aromatic rings. The molecule has 3 nitrogen and oxygen atoms in total. The number of carbonyl (C=O) groups excluding carboxylic acids is 1. The summed E-state index contributed by atoms with van der Waals surface area (Å²) < 4.78 is 31.2. The molecule has 6 heteroatoms. The van der Waals surface area contributed by atoms with E-state index >= 15 is 0 Å². The van der Waals surface area contributed by atoms with Crippen molar-refractivity contribution in [2.24, 2.45) is 0 Å². The number of halogens is 3. The minimum Gasteiger partial charge on any atom is -0.481 e. The molecule has 1 rings (SSSR count). The molecule has 92 valence electrons. The summed E-state index contributed by atoms with van der Waals surface area (Å²) in [5, 5.41) is 2.48. The monoisotopic (exact) mass is 305 g/mol. The average molecular weight is 306 g/mol. The zero-order valence-corrected chi connectivity index (χ0v) is 10.4. The van der Waals surface area contributed by atoms with Crippen molar-refractivity contribution in [2.75, 3.05) is 13.2 Å². The fraction of sp³-hybridized carbons (Fsp3) is 0.182. The van der Waals surface area contributed by atoms with Gasteiger partial charge in [-0.3, -0.25) is 4.79 Å². The number of ether oxygens (including phenoxy) is 1. The third kappa shape index (κ3) is 4.95. The Hall–Kier alpha value is -1.43. The second-order valence-electron chi connectivity index (χ2n) is 3.16. The van der Waals surface area contributed by atoms with Crippen molar-refractivity contribution in [3.63, 3.8) is 0 Å². The van der Waals surface area contributed by atoms with Gasteiger partial charge >= 0.3 is 0 Å². The zero-order chi connectivity index (χ0) is 12.8. The lowest BCUT2D eigenvalue weighted by Crippen LogP contribution is -2.29. The first-order chi connectivity index (χ1) is 7.99. The molecule has 0 aliphatic heterocycles. The maximum absolute atomic E-state index is 13.1. The van der Waals surface area contributed by atoms with Crippen LogP contribution in [0.3, 0.4) is 0 Å². The second kappa shape index (κ2) is 6.34. The quantitative estimate of drug-likeness (QED) is 0.907. The summed E-state index contributed by atoms with van der Waals surface area (Å²) in [5.41, 5.74) is 0. The summed E-state index contributed by atoms with van der Waals surface area (Å²) in [7, 11) is 0. The van der Waals surface area contributed by atoms with Crippen LogP contribution in [0.15, 0.2) is 29.3 Å². The molecule has 0 atom stereocenters. The summed E-state index contributed by atoms with van der Waals surface area (Å²) in [5.74, 6) is -2.13. The highest BCUT2D eigenvalue weighted by molar-refractivity contribution is 9.11. The molecule has 0 heterocycles. The minimum atomic E-state index is -0.845. The van der Waals surface area contributed by atoms with Crippen LogP contribution in [-0.4, -0.2) is 19.1 Å². The van der Waals surface area contributed by atoms with Crippen molar-refractivity contribution in [1.82, 2.24) is 5.32 Å². The van der Waals surface area contributed by atoms with Gasteiger partial charge in [0.05, 0.1) is 0 Å². The Morgan fingerprint density at radius 1 is 1.47 bits per heavy atom. The Bertz CT molecular complexity index is 437. The van der Waals surface area contributed by atoms with E-state index in [0.717, 1.165) is 12.1 Å². The van der Waals surface area contributed by atoms with Gasteiger partial charge in [-0.2, -0.15) is 0 Å². The van der Waals surface area contributed by atoms with Crippen LogP contribution in [0.5, 0.6) is 5.75 Å². The van der Waals surface area contributed by atoms with E-state index in [4.69, 9.17) is 4.74 Å². The largest absolute Gasteiger partial charge is 0.481 e. The molecular weight excluding hydrogens is 296 g/mol. The molecule has 0 unspecified atom stereocenters. The molecule has 0 fully saturated rings. The van der Waals surface area contributed by atoms with E-state index in [-0.39, 0.29) is 18.9 Å². The Labute approximate surface area is 106 Å². The summed E-state index contributed by atoms with van der Waals surface area (Å²) in [6.45, 7) is 3.44. The van der Waals surface area contributed by atoms with Crippen molar-refractivity contribution < 1.29 is 18.3 Å². The zero-order valence-electron chi connectivity index (χ0n) is 8.80. The number of benzene rings is 1. The second-order valence-corrected chi connectivity index (χ2v) is 4.28. The van der Waals surface area contributed by atoms with Crippen molar-refractivity contribution in [1.29, 1.82) is 0 Å². The van der Waals surface area contributed by atoms with Gasteiger partial charge in [-0.05, 0) is 12.1 Å². The number of amides is 1. The molecule has 0 aliphatic carbocycles. The highest BCUT2D eigenvalue weighted by atomic mass is 79.9. The summed E-state index contributed by atoms with van der Waals surface area (Å²) in [6, 6.07) is 2.87. The van der Waals surface area contributed by atoms with Crippen molar-refractivity contribution in [3.05, 3.63) is 40.9 Å². The SMILES string of the molecule is C=C(Br)CNC(=O)COc1ccc(F)cc1F. The van der Waals surface area contributed by atoms with Gasteiger partial charge < -0.3 is 10.1 Å². The lowest BCUT2D eigenvalue weighted by Gasteiger charge is -2.07. The Morgan fingerprint density at radius 3 is 2.76 bits per heavy atom. The van der Waals surface area contributed by atoms with Crippen LogP contribution in [0.1, 0.15) is 0 Å². The molecule has 0 saturated carbocycles. The van der Waals surface area contributed by atoms with E-state index in [1.165, 1.54) is 0 Å². The number of carbonyl (C=O) groups is 1. The summed E-state index contributed by atoms with van der Waals surface area (Å²) >= 11 is 3.07. The van der Waals surface area contributed by atoms with Gasteiger partial charge in [0.2, 0.25) is 0 Å². The Balaban J connectivity index is 2.44. The predicted octanol–water partition coefficient (Wildman–Crippen LogP) is 2.37. The number of nitrogens with one attached hydrogen (secondary N) is 1. The van der Waals surface area contributed by atoms with Gasteiger partial charge in [-0.25, -0.2) is 8.78 Å². The fourth-order valence-corrected chi connectivity index (χ4v) is 1.12. The molecule has 0 saturated heterocycles. The van der Waals surface area contributed by atoms with Gasteiger partial charge in [-0.15, -0.1) is 0 Å². The molecule has 1 N–H and O–H groups in total. The van der Waals surface area contributed by atoms with E-state index in [9.17, 15) is 13.6 Å². The van der Waals surface area contributed by atoms with E-state index in [1.807, 2.05) is 0 Å². The normalized spacial score (nSPS) is 9.82. The molecule has 0 aromatic heterocycles. The lowest BCUT2D eigenvalue weighted by molar-refractivity contribution is -0.122. The first-order valence-electron chi connectivity index (χ1n) is 4.67. The fourth-order valence-electron chi connectivity index (χ4n) is 0.981. The van der Waals surface area contributed by atoms with E-state index in [0.29, 0.717) is 10.5 Å². The van der Waals surface area contributed by atoms with E-state index < -0.39 is 17.5 Å². The van der Waals surface area contributed by atoms with Crippen LogP contribution in [0.4, 0.5) is 8.78 Å². The standard InChI is InChI=1S/C11H10BrF2NO2/c1-7(12)5-15-11(16)6-17-10-3-2-8(13)4-9(10)14/h2-4H,1,5-6H2,(H,15,16). The summed E-state index contributed by atoms with van der Waals surface area (Å²) in [4.78, 5) is 11.2. The van der Waals surface area contributed by atoms with Crippen LogP contribution in [0.25, 0.3) is 0 Å². The maximum atomic E-state index is 13.1. The Kier molecular flexibility index (Phi) is 5.09. The molecular formula is C11H10BrF2NO2. The van der Waals surface area contributed by atoms with E-state index in [1.54, 1.807) is 0 Å². The van der Waals surface area contributed by atoms with Crippen LogP contribution in [-0.2, 0) is 4.79 Å². The molecule has 1 aromatic carbocycles. The van der Waals surface area contributed by atoms with Gasteiger partial charge in [-0.1, -0.05) is 22.5 Å². The molecule has 0 bridgehead atoms. The molecule has 17 heavy (non-hydrogen) atoms. The predicted molar refractivity (Wildman–Crippen MR) is 62.9 cm³/mol. The van der Waals surface area contributed by atoms with Crippen LogP contribution in [0, 0.1) is 11.6 Å². The summed E-state index contributed by atoms with van der Waals surface area (Å²) in [6.07, 6.45) is 0. The van der Waals surface area contributed by atoms with Gasteiger partial charge in [0.25, 0.3) is 5.91 Å². The molecule has 0 spiro atoms. The highest BCUT2D eigenvalue weighted by Crippen LogP contribution is 2.17. The van der Waals surface area contributed by atoms with Gasteiger partial charge in [0.1, 0.15) is 5.82 Å². The first kappa shape index (κ1) is 13.6. The molecule has 0 aliphatic rings. The third-order valence-corrected chi connectivity index (χ3v) is 2.01. The maximum Gasteiger partial charge on any atom is 0.258 e. The smallest absolute Gasteiger partial charge is 0.258 e. The highest BCUT2D eigenvalue weighted by Gasteiger charge is 2.07. The average Bonchev–Trinajstić information content (AvgIpc) is 2.25. The van der Waals surface area contributed by atoms with Crippen LogP contribution in [0.2, 0.25) is 0 Å². The number of rotatable bonds is 5. The number of hydrogen-bond donors (Lipinski definition) is 1. The Morgan fingerprint density at radius 2 is 2.18 bits per heavy atom. The van der Waals surface area contributed by atoms with Gasteiger partial charge in [0.15, 0.2) is 18.2 Å². The van der Waals surface area contributed by atoms with Crippen molar-refractivity contribution >= 4 is 21.8 Å². The molecule has 1 amide bonds. The van der Waals surface area contributed by atoms with Crippen molar-refractivity contribution in [3.8, 4) is 5.75 Å². The van der Waals surface area contributed by atoms with Crippen LogP contribution >= 0.6 is 15.9 Å². The van der Waals surface area contributed by atoms with Crippen molar-refractivity contribution in [2.45, 2.75) is 0 Å². The molecule has 0 radical (unpaired) electrons. The number of hydrogen-bond acceptors (Lipinski definition) is 2. The first-order valence-corrected chi connectivity index (χ1v) is 5.46.